The van der Waals surface area contributed by atoms with Gasteiger partial charge in [0.15, 0.2) is 11.4 Å². The number of hydrogen-bond donors (Lipinski definition) is 1. The molecule has 0 spiro atoms. The number of hydrogen-bond acceptors (Lipinski definition) is 7. The zero-order chi connectivity index (χ0) is 20.9. The van der Waals surface area contributed by atoms with E-state index >= 15 is 0 Å². The van der Waals surface area contributed by atoms with Crippen LogP contribution in [-0.2, 0) is 4.74 Å². The minimum atomic E-state index is 0.135. The normalized spacial score (nSPS) is 23.9. The van der Waals surface area contributed by atoms with E-state index in [1.165, 1.54) is 0 Å². The van der Waals surface area contributed by atoms with Crippen LogP contribution in [0.2, 0.25) is 0 Å². The lowest BCUT2D eigenvalue weighted by atomic mass is 9.90. The summed E-state index contributed by atoms with van der Waals surface area (Å²) in [6.45, 7) is 4.51. The van der Waals surface area contributed by atoms with Crippen molar-refractivity contribution in [3.05, 3.63) is 42.6 Å². The van der Waals surface area contributed by atoms with Crippen molar-refractivity contribution in [1.29, 1.82) is 0 Å². The number of imidazole rings is 1. The van der Waals surface area contributed by atoms with E-state index in [9.17, 15) is 0 Å². The maximum atomic E-state index is 6.24. The maximum Gasteiger partial charge on any atom is 0.232 e. The number of rotatable bonds is 4. The molecule has 31 heavy (non-hydrogen) atoms. The van der Waals surface area contributed by atoms with Crippen LogP contribution in [0.4, 0.5) is 5.69 Å². The first-order valence-electron chi connectivity index (χ1n) is 10.8. The lowest BCUT2D eigenvalue weighted by molar-refractivity contribution is 0.0944. The van der Waals surface area contributed by atoms with Crippen molar-refractivity contribution in [2.24, 2.45) is 5.73 Å². The van der Waals surface area contributed by atoms with Crippen molar-refractivity contribution in [3.8, 4) is 17.3 Å². The fourth-order valence-corrected chi connectivity index (χ4v) is 4.47. The van der Waals surface area contributed by atoms with Crippen molar-refractivity contribution in [1.82, 2.24) is 14.6 Å². The SMILES string of the molecule is C[C@@H]1COCCN1c1cccc2oc(-c3cnc4ccc(OC5CC(N)C5)nn34)cc12. The van der Waals surface area contributed by atoms with Gasteiger partial charge in [-0.1, -0.05) is 6.07 Å². The predicted octanol–water partition coefficient (Wildman–Crippen LogP) is 3.24. The average Bonchev–Trinajstić information content (AvgIpc) is 3.36. The molecule has 6 rings (SSSR count). The fourth-order valence-electron chi connectivity index (χ4n) is 4.47. The lowest BCUT2D eigenvalue weighted by Gasteiger charge is -2.35. The number of anilines is 1. The highest BCUT2D eigenvalue weighted by atomic mass is 16.5. The van der Waals surface area contributed by atoms with E-state index in [1.807, 2.05) is 24.3 Å². The molecule has 1 atom stereocenters. The van der Waals surface area contributed by atoms with Gasteiger partial charge in [-0.05, 0) is 44.0 Å². The average molecular weight is 419 g/mol. The van der Waals surface area contributed by atoms with E-state index in [0.717, 1.165) is 66.4 Å². The number of nitrogens with zero attached hydrogens (tertiary/aromatic N) is 4. The molecule has 4 aromatic rings. The minimum absolute atomic E-state index is 0.135. The standard InChI is InChI=1S/C23H25N5O3/c1-14-13-29-8-7-27(14)18-3-2-4-20-17(18)11-21(31-20)19-12-25-22-5-6-23(26-28(19)22)30-16-9-15(24)10-16/h2-6,11-12,14-16H,7-10,13,24H2,1H3/t14-,15?,16?/m1/s1. The smallest absolute Gasteiger partial charge is 0.232 e. The molecule has 1 aliphatic carbocycles. The highest BCUT2D eigenvalue weighted by molar-refractivity contribution is 5.94. The Bertz CT molecular complexity index is 1240. The highest BCUT2D eigenvalue weighted by Crippen LogP contribution is 2.35. The Morgan fingerprint density at radius 2 is 2.10 bits per heavy atom. The summed E-state index contributed by atoms with van der Waals surface area (Å²) in [5, 5.41) is 5.74. The van der Waals surface area contributed by atoms with Gasteiger partial charge in [0.25, 0.3) is 0 Å². The van der Waals surface area contributed by atoms with Crippen LogP contribution in [0.5, 0.6) is 5.88 Å². The summed E-state index contributed by atoms with van der Waals surface area (Å²) in [5.74, 6) is 1.30. The first-order valence-corrected chi connectivity index (χ1v) is 10.8. The van der Waals surface area contributed by atoms with Crippen molar-refractivity contribution in [2.75, 3.05) is 24.7 Å². The molecule has 0 unspecified atom stereocenters. The van der Waals surface area contributed by atoms with Gasteiger partial charge in [-0.25, -0.2) is 9.50 Å². The predicted molar refractivity (Wildman–Crippen MR) is 117 cm³/mol. The molecule has 0 amide bonds. The monoisotopic (exact) mass is 419 g/mol. The molecule has 8 nitrogen and oxygen atoms in total. The van der Waals surface area contributed by atoms with E-state index in [2.05, 4.69) is 34.0 Å². The van der Waals surface area contributed by atoms with Crippen LogP contribution in [0.25, 0.3) is 28.1 Å². The molecule has 8 heteroatoms. The molecule has 1 saturated heterocycles. The quantitative estimate of drug-likeness (QED) is 0.543. The van der Waals surface area contributed by atoms with Crippen molar-refractivity contribution in [2.45, 2.75) is 38.0 Å². The van der Waals surface area contributed by atoms with Gasteiger partial charge >= 0.3 is 0 Å². The number of fused-ring (bicyclic) bond motifs is 2. The fraction of sp³-hybridized carbons (Fsp3) is 0.391. The van der Waals surface area contributed by atoms with Crippen LogP contribution in [0.1, 0.15) is 19.8 Å². The Hall–Kier alpha value is -3.10. The van der Waals surface area contributed by atoms with Gasteiger partial charge in [0.05, 0.1) is 19.4 Å². The largest absolute Gasteiger partial charge is 0.473 e. The van der Waals surface area contributed by atoms with Crippen LogP contribution in [0, 0.1) is 0 Å². The molecule has 2 aliphatic rings. The summed E-state index contributed by atoms with van der Waals surface area (Å²) in [7, 11) is 0. The Balaban J connectivity index is 1.38. The highest BCUT2D eigenvalue weighted by Gasteiger charge is 2.28. The van der Waals surface area contributed by atoms with Crippen LogP contribution in [0.3, 0.4) is 0 Å². The molecular formula is C23H25N5O3. The number of morpholine rings is 1. The van der Waals surface area contributed by atoms with Gasteiger partial charge in [0.2, 0.25) is 5.88 Å². The zero-order valence-corrected chi connectivity index (χ0v) is 17.4. The maximum absolute atomic E-state index is 6.24. The van der Waals surface area contributed by atoms with Gasteiger partial charge in [0.1, 0.15) is 17.4 Å². The molecule has 160 valence electrons. The third-order valence-electron chi connectivity index (χ3n) is 6.22. The minimum Gasteiger partial charge on any atom is -0.473 e. The molecule has 3 aromatic heterocycles. The summed E-state index contributed by atoms with van der Waals surface area (Å²) in [4.78, 5) is 6.88. The van der Waals surface area contributed by atoms with Crippen LogP contribution in [0.15, 0.2) is 47.0 Å². The van der Waals surface area contributed by atoms with Gasteiger partial charge in [-0.15, -0.1) is 5.10 Å². The third kappa shape index (κ3) is 3.23. The number of benzene rings is 1. The van der Waals surface area contributed by atoms with Crippen molar-refractivity contribution >= 4 is 22.3 Å². The molecule has 1 aliphatic heterocycles. The second kappa shape index (κ2) is 7.25. The zero-order valence-electron chi connectivity index (χ0n) is 17.4. The first kappa shape index (κ1) is 18.7. The van der Waals surface area contributed by atoms with E-state index in [1.54, 1.807) is 10.7 Å². The van der Waals surface area contributed by atoms with Crippen LogP contribution >= 0.6 is 0 Å². The Morgan fingerprint density at radius 3 is 2.94 bits per heavy atom. The van der Waals surface area contributed by atoms with Gasteiger partial charge < -0.3 is 24.5 Å². The topological polar surface area (TPSA) is 91.0 Å². The molecular weight excluding hydrogens is 394 g/mol. The summed E-state index contributed by atoms with van der Waals surface area (Å²) in [6, 6.07) is 12.6. The third-order valence-corrected chi connectivity index (χ3v) is 6.22. The second-order valence-corrected chi connectivity index (χ2v) is 8.47. The van der Waals surface area contributed by atoms with Gasteiger partial charge in [-0.2, -0.15) is 0 Å². The number of nitrogens with two attached hydrogens (primary N) is 1. The van der Waals surface area contributed by atoms with E-state index in [4.69, 9.17) is 19.6 Å². The summed E-state index contributed by atoms with van der Waals surface area (Å²) < 4.78 is 19.6. The number of aromatic nitrogens is 3. The Kier molecular flexibility index (Phi) is 4.36. The molecule has 2 fully saturated rings. The van der Waals surface area contributed by atoms with Gasteiger partial charge in [-0.3, -0.25) is 0 Å². The van der Waals surface area contributed by atoms with Gasteiger partial charge in [0, 0.05) is 35.8 Å². The molecule has 1 saturated carbocycles. The number of ether oxygens (including phenoxy) is 2. The Labute approximate surface area is 179 Å². The van der Waals surface area contributed by atoms with Crippen LogP contribution < -0.4 is 15.4 Å². The first-order chi connectivity index (χ1) is 15.2. The van der Waals surface area contributed by atoms with E-state index in [0.29, 0.717) is 11.9 Å². The molecule has 1 aromatic carbocycles. The lowest BCUT2D eigenvalue weighted by Crippen LogP contribution is -2.43. The summed E-state index contributed by atoms with van der Waals surface area (Å²) in [5.41, 5.74) is 9.42. The molecule has 0 bridgehead atoms. The summed E-state index contributed by atoms with van der Waals surface area (Å²) in [6.07, 6.45) is 3.65. The van der Waals surface area contributed by atoms with Crippen LogP contribution in [-0.4, -0.2) is 52.5 Å². The van der Waals surface area contributed by atoms with Crippen molar-refractivity contribution < 1.29 is 13.9 Å². The van der Waals surface area contributed by atoms with Crippen molar-refractivity contribution in [3.63, 3.8) is 0 Å². The molecule has 2 N–H and O–H groups in total. The van der Waals surface area contributed by atoms with E-state index in [-0.39, 0.29) is 12.1 Å². The summed E-state index contributed by atoms with van der Waals surface area (Å²) >= 11 is 0. The Morgan fingerprint density at radius 1 is 1.19 bits per heavy atom. The molecule has 4 heterocycles. The number of furan rings is 1. The molecule has 0 radical (unpaired) electrons. The second-order valence-electron chi connectivity index (χ2n) is 8.47. The van der Waals surface area contributed by atoms with E-state index < -0.39 is 0 Å².